The first-order valence-corrected chi connectivity index (χ1v) is 8.61. The first-order valence-electron chi connectivity index (χ1n) is 8.61. The minimum atomic E-state index is 0.397. The molecule has 2 nitrogen and oxygen atoms in total. The molecule has 0 aromatic heterocycles. The summed E-state index contributed by atoms with van der Waals surface area (Å²) in [7, 11) is 0. The molecule has 0 saturated carbocycles. The average molecular weight is 284 g/mol. The normalized spacial score (nSPS) is 21.8. The quantitative estimate of drug-likeness (QED) is 0.391. The summed E-state index contributed by atoms with van der Waals surface area (Å²) in [5.41, 5.74) is 0.417. The van der Waals surface area contributed by atoms with E-state index in [9.17, 15) is 0 Å². The Morgan fingerprint density at radius 2 is 1.90 bits per heavy atom. The second-order valence-electron chi connectivity index (χ2n) is 7.84. The standard InChI is InChI=1S/C18H36O2/c1-6-7-8-9-10-16(12-19-13-17-14-20-17)15(2)11-18(3,4)5/h15-17H,6-14H2,1-5H3. The first-order chi connectivity index (χ1) is 9.42. The topological polar surface area (TPSA) is 21.8 Å². The maximum Gasteiger partial charge on any atom is 0.104 e. The Morgan fingerprint density at radius 1 is 1.20 bits per heavy atom. The average Bonchev–Trinajstić information content (AvgIpc) is 3.14. The van der Waals surface area contributed by atoms with Crippen LogP contribution in [0.1, 0.15) is 73.1 Å². The molecule has 0 bridgehead atoms. The van der Waals surface area contributed by atoms with Gasteiger partial charge in [-0.05, 0) is 30.1 Å². The number of ether oxygens (including phenoxy) is 2. The van der Waals surface area contributed by atoms with Crippen molar-refractivity contribution in [3.05, 3.63) is 0 Å². The van der Waals surface area contributed by atoms with Crippen LogP contribution in [0.3, 0.4) is 0 Å². The summed E-state index contributed by atoms with van der Waals surface area (Å²) in [4.78, 5) is 0. The van der Waals surface area contributed by atoms with Gasteiger partial charge in [-0.3, -0.25) is 0 Å². The lowest BCUT2D eigenvalue weighted by Crippen LogP contribution is -2.23. The van der Waals surface area contributed by atoms with Gasteiger partial charge in [-0.15, -0.1) is 0 Å². The minimum absolute atomic E-state index is 0.397. The first kappa shape index (κ1) is 18.0. The Morgan fingerprint density at radius 3 is 2.45 bits per heavy atom. The second kappa shape index (κ2) is 9.04. The van der Waals surface area contributed by atoms with E-state index in [4.69, 9.17) is 9.47 Å². The molecule has 1 saturated heterocycles. The Labute approximate surface area is 126 Å². The summed E-state index contributed by atoms with van der Waals surface area (Å²) in [5.74, 6) is 1.46. The zero-order chi connectivity index (χ0) is 15.0. The van der Waals surface area contributed by atoms with E-state index in [-0.39, 0.29) is 0 Å². The minimum Gasteiger partial charge on any atom is -0.378 e. The molecule has 1 heterocycles. The predicted molar refractivity (Wildman–Crippen MR) is 86.0 cm³/mol. The van der Waals surface area contributed by atoms with Crippen molar-refractivity contribution in [1.82, 2.24) is 0 Å². The Kier molecular flexibility index (Phi) is 8.13. The van der Waals surface area contributed by atoms with Crippen molar-refractivity contribution in [3.63, 3.8) is 0 Å². The van der Waals surface area contributed by atoms with Crippen molar-refractivity contribution in [2.75, 3.05) is 19.8 Å². The second-order valence-corrected chi connectivity index (χ2v) is 7.84. The molecule has 3 atom stereocenters. The summed E-state index contributed by atoms with van der Waals surface area (Å²) < 4.78 is 11.1. The molecule has 0 amide bonds. The van der Waals surface area contributed by atoms with Crippen molar-refractivity contribution in [2.24, 2.45) is 17.3 Å². The van der Waals surface area contributed by atoms with E-state index < -0.39 is 0 Å². The highest BCUT2D eigenvalue weighted by Gasteiger charge is 2.26. The zero-order valence-corrected chi connectivity index (χ0v) is 14.4. The Balaban J connectivity index is 2.30. The highest BCUT2D eigenvalue weighted by Crippen LogP contribution is 2.31. The van der Waals surface area contributed by atoms with Crippen molar-refractivity contribution < 1.29 is 9.47 Å². The highest BCUT2D eigenvalue weighted by molar-refractivity contribution is 4.74. The van der Waals surface area contributed by atoms with Crippen LogP contribution >= 0.6 is 0 Å². The van der Waals surface area contributed by atoms with Crippen molar-refractivity contribution in [2.45, 2.75) is 79.2 Å². The maximum absolute atomic E-state index is 5.89. The lowest BCUT2D eigenvalue weighted by atomic mass is 9.78. The van der Waals surface area contributed by atoms with Crippen LogP contribution < -0.4 is 0 Å². The van der Waals surface area contributed by atoms with E-state index in [0.717, 1.165) is 25.7 Å². The van der Waals surface area contributed by atoms with Crippen LogP contribution in [-0.2, 0) is 9.47 Å². The fraction of sp³-hybridized carbons (Fsp3) is 1.00. The van der Waals surface area contributed by atoms with E-state index >= 15 is 0 Å². The van der Waals surface area contributed by atoms with Crippen molar-refractivity contribution in [3.8, 4) is 0 Å². The van der Waals surface area contributed by atoms with Crippen LogP contribution in [0.25, 0.3) is 0 Å². The van der Waals surface area contributed by atoms with Crippen LogP contribution in [0.5, 0.6) is 0 Å². The largest absolute Gasteiger partial charge is 0.378 e. The molecule has 1 aliphatic heterocycles. The van der Waals surface area contributed by atoms with Gasteiger partial charge in [-0.1, -0.05) is 60.3 Å². The molecule has 2 heteroatoms. The third-order valence-electron chi connectivity index (χ3n) is 4.21. The molecule has 0 spiro atoms. The zero-order valence-electron chi connectivity index (χ0n) is 14.4. The van der Waals surface area contributed by atoms with Crippen LogP contribution in [0.15, 0.2) is 0 Å². The molecule has 0 radical (unpaired) electrons. The molecule has 1 rings (SSSR count). The van der Waals surface area contributed by atoms with Crippen molar-refractivity contribution >= 4 is 0 Å². The van der Waals surface area contributed by atoms with Gasteiger partial charge in [0.2, 0.25) is 0 Å². The van der Waals surface area contributed by atoms with Crippen LogP contribution in [0.4, 0.5) is 0 Å². The number of hydrogen-bond donors (Lipinski definition) is 0. The van der Waals surface area contributed by atoms with Gasteiger partial charge in [-0.2, -0.15) is 0 Å². The number of epoxide rings is 1. The lowest BCUT2D eigenvalue weighted by molar-refractivity contribution is 0.0561. The van der Waals surface area contributed by atoms with Gasteiger partial charge in [0.1, 0.15) is 6.10 Å². The van der Waals surface area contributed by atoms with Gasteiger partial charge < -0.3 is 9.47 Å². The number of hydrogen-bond acceptors (Lipinski definition) is 2. The smallest absolute Gasteiger partial charge is 0.104 e. The molecule has 0 aromatic carbocycles. The molecule has 20 heavy (non-hydrogen) atoms. The highest BCUT2D eigenvalue weighted by atomic mass is 16.6. The van der Waals surface area contributed by atoms with Crippen LogP contribution in [0.2, 0.25) is 0 Å². The SMILES string of the molecule is CCCCCCC(COCC1CO1)C(C)CC(C)(C)C. The summed E-state index contributed by atoms with van der Waals surface area (Å²) >= 11 is 0. The summed E-state index contributed by atoms with van der Waals surface area (Å²) in [6.07, 6.45) is 8.43. The third-order valence-corrected chi connectivity index (χ3v) is 4.21. The summed E-state index contributed by atoms with van der Waals surface area (Å²) in [5, 5.41) is 0. The Bertz CT molecular complexity index is 240. The summed E-state index contributed by atoms with van der Waals surface area (Å²) in [6.45, 7) is 14.3. The van der Waals surface area contributed by atoms with E-state index in [0.29, 0.717) is 17.4 Å². The van der Waals surface area contributed by atoms with E-state index in [1.807, 2.05) is 0 Å². The molecular weight excluding hydrogens is 248 g/mol. The van der Waals surface area contributed by atoms with Crippen molar-refractivity contribution in [1.29, 1.82) is 0 Å². The Hall–Kier alpha value is -0.0800. The lowest BCUT2D eigenvalue weighted by Gasteiger charge is -2.30. The van der Waals surface area contributed by atoms with Gasteiger partial charge >= 0.3 is 0 Å². The van der Waals surface area contributed by atoms with Gasteiger partial charge in [-0.25, -0.2) is 0 Å². The molecule has 0 aliphatic carbocycles. The fourth-order valence-electron chi connectivity index (χ4n) is 3.01. The molecule has 120 valence electrons. The molecule has 1 fully saturated rings. The van der Waals surface area contributed by atoms with Crippen LogP contribution in [0, 0.1) is 17.3 Å². The van der Waals surface area contributed by atoms with Gasteiger partial charge in [0.05, 0.1) is 13.2 Å². The van der Waals surface area contributed by atoms with Gasteiger partial charge in [0.15, 0.2) is 0 Å². The maximum atomic E-state index is 5.89. The van der Waals surface area contributed by atoms with E-state index in [2.05, 4.69) is 34.6 Å². The molecule has 1 aliphatic rings. The third kappa shape index (κ3) is 8.97. The van der Waals surface area contributed by atoms with Gasteiger partial charge in [0, 0.05) is 6.61 Å². The van der Waals surface area contributed by atoms with Gasteiger partial charge in [0.25, 0.3) is 0 Å². The molecule has 0 aromatic rings. The summed E-state index contributed by atoms with van der Waals surface area (Å²) in [6, 6.07) is 0. The fourth-order valence-corrected chi connectivity index (χ4v) is 3.01. The van der Waals surface area contributed by atoms with E-state index in [1.165, 1.54) is 38.5 Å². The molecular formula is C18H36O2. The molecule has 0 N–H and O–H groups in total. The monoisotopic (exact) mass is 284 g/mol. The predicted octanol–water partition coefficient (Wildman–Crippen LogP) is 5.06. The molecule has 3 unspecified atom stereocenters. The number of rotatable bonds is 11. The van der Waals surface area contributed by atoms with E-state index in [1.54, 1.807) is 0 Å². The van der Waals surface area contributed by atoms with Crippen LogP contribution in [-0.4, -0.2) is 25.9 Å². The number of unbranched alkanes of at least 4 members (excludes halogenated alkanes) is 3.